The molecule has 0 atom stereocenters. The molecule has 0 aliphatic rings. The van der Waals surface area contributed by atoms with Gasteiger partial charge in [-0.15, -0.1) is 0 Å². The summed E-state index contributed by atoms with van der Waals surface area (Å²) in [5.74, 6) is 0.0888. The van der Waals surface area contributed by atoms with Crippen LogP contribution in [0.25, 0.3) is 21.9 Å². The summed E-state index contributed by atoms with van der Waals surface area (Å²) in [4.78, 5) is 12.1. The van der Waals surface area contributed by atoms with Crippen molar-refractivity contribution in [2.75, 3.05) is 0 Å². The van der Waals surface area contributed by atoms with Gasteiger partial charge in [0.2, 0.25) is 5.43 Å². The molecule has 0 unspecified atom stereocenters. The number of benzene rings is 2. The maximum absolute atomic E-state index is 12.1. The SMILES string of the molecule is CC.O=c1c2ccccc2oc2cc(O)ccc12. The zero-order chi connectivity index (χ0) is 13.1. The molecule has 18 heavy (non-hydrogen) atoms. The Balaban J connectivity index is 0.000000574. The lowest BCUT2D eigenvalue weighted by molar-refractivity contribution is 0.474. The molecular weight excluding hydrogens is 228 g/mol. The monoisotopic (exact) mass is 242 g/mol. The van der Waals surface area contributed by atoms with Gasteiger partial charge in [0, 0.05) is 6.07 Å². The summed E-state index contributed by atoms with van der Waals surface area (Å²) < 4.78 is 5.55. The van der Waals surface area contributed by atoms with Crippen LogP contribution < -0.4 is 5.43 Å². The molecule has 3 aromatic rings. The maximum Gasteiger partial charge on any atom is 0.200 e. The molecule has 0 aliphatic carbocycles. The third-order valence-corrected chi connectivity index (χ3v) is 2.56. The van der Waals surface area contributed by atoms with E-state index in [9.17, 15) is 9.90 Å². The number of para-hydroxylation sites is 1. The molecule has 1 heterocycles. The molecule has 0 spiro atoms. The van der Waals surface area contributed by atoms with Crippen LogP contribution in [0.3, 0.4) is 0 Å². The Labute approximate surface area is 104 Å². The Morgan fingerprint density at radius 1 is 0.944 bits per heavy atom. The topological polar surface area (TPSA) is 50.4 Å². The quantitative estimate of drug-likeness (QED) is 0.612. The molecule has 1 N–H and O–H groups in total. The first-order chi connectivity index (χ1) is 8.75. The summed E-state index contributed by atoms with van der Waals surface area (Å²) in [6, 6.07) is 11.6. The van der Waals surface area contributed by atoms with Crippen molar-refractivity contribution in [2.24, 2.45) is 0 Å². The highest BCUT2D eigenvalue weighted by Gasteiger charge is 2.06. The van der Waals surface area contributed by atoms with Crippen molar-refractivity contribution in [3.05, 3.63) is 52.7 Å². The van der Waals surface area contributed by atoms with E-state index in [4.69, 9.17) is 4.42 Å². The second-order valence-corrected chi connectivity index (χ2v) is 3.61. The molecule has 2 aromatic carbocycles. The third kappa shape index (κ3) is 1.95. The van der Waals surface area contributed by atoms with Gasteiger partial charge < -0.3 is 9.52 Å². The van der Waals surface area contributed by atoms with Gasteiger partial charge in [0.25, 0.3) is 0 Å². The van der Waals surface area contributed by atoms with Crippen molar-refractivity contribution in [3.63, 3.8) is 0 Å². The van der Waals surface area contributed by atoms with Crippen LogP contribution in [-0.2, 0) is 0 Å². The van der Waals surface area contributed by atoms with Crippen LogP contribution in [0.2, 0.25) is 0 Å². The van der Waals surface area contributed by atoms with Gasteiger partial charge in [0.05, 0.1) is 10.8 Å². The van der Waals surface area contributed by atoms with Crippen LogP contribution in [0.1, 0.15) is 13.8 Å². The molecule has 3 heteroatoms. The van der Waals surface area contributed by atoms with Gasteiger partial charge in [-0.05, 0) is 24.3 Å². The van der Waals surface area contributed by atoms with Crippen molar-refractivity contribution in [2.45, 2.75) is 13.8 Å². The molecule has 0 amide bonds. The van der Waals surface area contributed by atoms with Gasteiger partial charge in [-0.2, -0.15) is 0 Å². The molecule has 0 bridgehead atoms. The summed E-state index contributed by atoms with van der Waals surface area (Å²) >= 11 is 0. The summed E-state index contributed by atoms with van der Waals surface area (Å²) in [5, 5.41) is 10.4. The van der Waals surface area contributed by atoms with E-state index in [1.807, 2.05) is 13.8 Å². The Kier molecular flexibility index (Phi) is 3.33. The van der Waals surface area contributed by atoms with E-state index in [1.54, 1.807) is 30.3 Å². The van der Waals surface area contributed by atoms with E-state index in [0.717, 1.165) is 0 Å². The van der Waals surface area contributed by atoms with E-state index in [1.165, 1.54) is 12.1 Å². The number of rotatable bonds is 0. The summed E-state index contributed by atoms with van der Waals surface area (Å²) in [6.45, 7) is 4.00. The Hall–Kier alpha value is -2.29. The highest BCUT2D eigenvalue weighted by atomic mass is 16.3. The van der Waals surface area contributed by atoms with E-state index < -0.39 is 0 Å². The van der Waals surface area contributed by atoms with Crippen molar-refractivity contribution in [3.8, 4) is 5.75 Å². The van der Waals surface area contributed by atoms with E-state index >= 15 is 0 Å². The number of phenolic OH excluding ortho intramolecular Hbond substituents is 1. The second kappa shape index (κ2) is 4.92. The average molecular weight is 242 g/mol. The fourth-order valence-electron chi connectivity index (χ4n) is 1.79. The fourth-order valence-corrected chi connectivity index (χ4v) is 1.79. The van der Waals surface area contributed by atoms with Crippen LogP contribution in [0.15, 0.2) is 51.7 Å². The second-order valence-electron chi connectivity index (χ2n) is 3.61. The molecule has 3 rings (SSSR count). The normalized spacial score (nSPS) is 10.1. The minimum Gasteiger partial charge on any atom is -0.508 e. The Morgan fingerprint density at radius 3 is 2.39 bits per heavy atom. The van der Waals surface area contributed by atoms with Crippen molar-refractivity contribution >= 4 is 21.9 Å². The van der Waals surface area contributed by atoms with Crippen molar-refractivity contribution < 1.29 is 9.52 Å². The highest BCUT2D eigenvalue weighted by Crippen LogP contribution is 2.21. The van der Waals surface area contributed by atoms with Crippen molar-refractivity contribution in [1.82, 2.24) is 0 Å². The minimum atomic E-state index is -0.0724. The van der Waals surface area contributed by atoms with Gasteiger partial charge in [-0.3, -0.25) is 4.79 Å². The highest BCUT2D eigenvalue weighted by molar-refractivity contribution is 5.90. The molecule has 1 aromatic heterocycles. The number of hydrogen-bond donors (Lipinski definition) is 1. The van der Waals surface area contributed by atoms with E-state index in [0.29, 0.717) is 21.9 Å². The smallest absolute Gasteiger partial charge is 0.200 e. The van der Waals surface area contributed by atoms with Crippen LogP contribution in [0, 0.1) is 0 Å². The van der Waals surface area contributed by atoms with E-state index in [-0.39, 0.29) is 11.2 Å². The minimum absolute atomic E-state index is 0.0724. The van der Waals surface area contributed by atoms with Gasteiger partial charge >= 0.3 is 0 Å². The standard InChI is InChI=1S/C13H8O3.C2H6/c14-8-5-6-10-12(7-8)16-11-4-2-1-3-9(11)13(10)15;1-2/h1-7,14H;1-2H3. The predicted octanol–water partition coefficient (Wildman–Crippen LogP) is 3.68. The Bertz CT molecular complexity index is 741. The molecule has 3 nitrogen and oxygen atoms in total. The van der Waals surface area contributed by atoms with Crippen LogP contribution in [0.5, 0.6) is 5.75 Å². The van der Waals surface area contributed by atoms with Gasteiger partial charge in [-0.25, -0.2) is 0 Å². The first-order valence-corrected chi connectivity index (χ1v) is 5.90. The first-order valence-electron chi connectivity index (χ1n) is 5.90. The van der Waals surface area contributed by atoms with Gasteiger partial charge in [-0.1, -0.05) is 26.0 Å². The van der Waals surface area contributed by atoms with Crippen molar-refractivity contribution in [1.29, 1.82) is 0 Å². The van der Waals surface area contributed by atoms with Crippen LogP contribution in [0.4, 0.5) is 0 Å². The Morgan fingerprint density at radius 2 is 1.61 bits per heavy atom. The fraction of sp³-hybridized carbons (Fsp3) is 0.133. The number of aromatic hydroxyl groups is 1. The average Bonchev–Trinajstić information content (AvgIpc) is 2.41. The maximum atomic E-state index is 12.1. The predicted molar refractivity (Wildman–Crippen MR) is 73.0 cm³/mol. The van der Waals surface area contributed by atoms with Crippen LogP contribution >= 0.6 is 0 Å². The lowest BCUT2D eigenvalue weighted by atomic mass is 10.1. The number of fused-ring (bicyclic) bond motifs is 2. The summed E-state index contributed by atoms with van der Waals surface area (Å²) in [5.41, 5.74) is 0.867. The first kappa shape index (κ1) is 12.2. The zero-order valence-corrected chi connectivity index (χ0v) is 10.3. The number of phenols is 1. The van der Waals surface area contributed by atoms with E-state index in [2.05, 4.69) is 0 Å². The molecule has 0 saturated heterocycles. The lowest BCUT2D eigenvalue weighted by Crippen LogP contribution is -2.01. The third-order valence-electron chi connectivity index (χ3n) is 2.56. The molecular formula is C15H14O3. The van der Waals surface area contributed by atoms with Crippen LogP contribution in [-0.4, -0.2) is 5.11 Å². The zero-order valence-electron chi connectivity index (χ0n) is 10.3. The molecule has 92 valence electrons. The molecule has 0 saturated carbocycles. The molecule has 0 aliphatic heterocycles. The number of hydrogen-bond acceptors (Lipinski definition) is 3. The molecule has 0 fully saturated rings. The van der Waals surface area contributed by atoms with Gasteiger partial charge in [0.1, 0.15) is 16.9 Å². The largest absolute Gasteiger partial charge is 0.508 e. The molecule has 0 radical (unpaired) electrons. The lowest BCUT2D eigenvalue weighted by Gasteiger charge is -2.00. The summed E-state index contributed by atoms with van der Waals surface area (Å²) in [7, 11) is 0. The van der Waals surface area contributed by atoms with Gasteiger partial charge in [0.15, 0.2) is 0 Å². The summed E-state index contributed by atoms with van der Waals surface area (Å²) in [6.07, 6.45) is 0.